The van der Waals surface area contributed by atoms with Crippen LogP contribution in [0.1, 0.15) is 5.69 Å². The van der Waals surface area contributed by atoms with Crippen LogP contribution in [0, 0.1) is 6.92 Å². The maximum absolute atomic E-state index is 11.2. The Morgan fingerprint density at radius 3 is 2.38 bits per heavy atom. The summed E-state index contributed by atoms with van der Waals surface area (Å²) in [5.41, 5.74) is 2.28. The summed E-state index contributed by atoms with van der Waals surface area (Å²) in [6.45, 7) is 1.87. The monoisotopic (exact) mass is 325 g/mol. The smallest absolute Gasteiger partial charge is 0.238 e. The van der Waals surface area contributed by atoms with Crippen LogP contribution in [0.2, 0.25) is 0 Å². The van der Waals surface area contributed by atoms with Crippen molar-refractivity contribution in [2.24, 2.45) is 12.2 Å². The number of hydrogen-bond donors (Lipinski definition) is 3. The van der Waals surface area contributed by atoms with Gasteiger partial charge in [-0.1, -0.05) is 0 Å². The standard InChI is InChI=1S/C12H15N5O2S2/c1-8-11(7-17(2)16-8)15-12(20)14-9-3-5-10(6-4-9)21(13,18)19/h3-7H,1-2H3,(H2,13,18,19)(H2,14,15,20). The van der Waals surface area contributed by atoms with E-state index in [2.05, 4.69) is 15.7 Å². The molecule has 2 rings (SSSR count). The van der Waals surface area contributed by atoms with Gasteiger partial charge in [0.05, 0.1) is 16.3 Å². The van der Waals surface area contributed by atoms with Crippen LogP contribution in [-0.4, -0.2) is 23.3 Å². The van der Waals surface area contributed by atoms with E-state index < -0.39 is 10.0 Å². The Bertz CT molecular complexity index is 765. The molecule has 0 aliphatic carbocycles. The molecule has 1 aromatic heterocycles. The van der Waals surface area contributed by atoms with E-state index in [0.29, 0.717) is 10.8 Å². The Balaban J connectivity index is 2.05. The first kappa shape index (κ1) is 15.4. The highest BCUT2D eigenvalue weighted by molar-refractivity contribution is 7.89. The molecule has 0 aliphatic rings. The van der Waals surface area contributed by atoms with Crippen molar-refractivity contribution in [1.29, 1.82) is 0 Å². The molecule has 0 aliphatic heterocycles. The summed E-state index contributed by atoms with van der Waals surface area (Å²) in [5.74, 6) is 0. The van der Waals surface area contributed by atoms with Crippen molar-refractivity contribution < 1.29 is 8.42 Å². The Morgan fingerprint density at radius 2 is 1.90 bits per heavy atom. The SMILES string of the molecule is Cc1nn(C)cc1NC(=S)Nc1ccc(S(N)(=O)=O)cc1. The van der Waals surface area contributed by atoms with Crippen molar-refractivity contribution in [2.45, 2.75) is 11.8 Å². The summed E-state index contributed by atoms with van der Waals surface area (Å²) in [7, 11) is -1.87. The van der Waals surface area contributed by atoms with Crippen LogP contribution in [0.25, 0.3) is 0 Å². The highest BCUT2D eigenvalue weighted by Crippen LogP contribution is 2.15. The van der Waals surface area contributed by atoms with E-state index in [1.165, 1.54) is 12.1 Å². The lowest BCUT2D eigenvalue weighted by atomic mass is 10.3. The molecule has 0 atom stereocenters. The van der Waals surface area contributed by atoms with Crippen LogP contribution in [0.3, 0.4) is 0 Å². The zero-order valence-electron chi connectivity index (χ0n) is 11.5. The van der Waals surface area contributed by atoms with Gasteiger partial charge in [-0.25, -0.2) is 13.6 Å². The molecule has 1 aromatic carbocycles. The Hall–Kier alpha value is -1.97. The van der Waals surface area contributed by atoms with Gasteiger partial charge < -0.3 is 10.6 Å². The van der Waals surface area contributed by atoms with E-state index in [1.807, 2.05) is 20.2 Å². The molecule has 0 fully saturated rings. The molecule has 0 bridgehead atoms. The number of nitrogens with two attached hydrogens (primary N) is 1. The summed E-state index contributed by atoms with van der Waals surface area (Å²) in [6, 6.07) is 6.00. The lowest BCUT2D eigenvalue weighted by molar-refractivity contribution is 0.598. The van der Waals surface area contributed by atoms with Gasteiger partial charge >= 0.3 is 0 Å². The number of sulfonamides is 1. The summed E-state index contributed by atoms with van der Waals surface area (Å²) in [4.78, 5) is 0.0510. The second-order valence-corrected chi connectivity index (χ2v) is 6.42. The maximum Gasteiger partial charge on any atom is 0.238 e. The summed E-state index contributed by atoms with van der Waals surface area (Å²) < 4.78 is 24.0. The number of rotatable bonds is 3. The predicted molar refractivity (Wildman–Crippen MR) is 85.6 cm³/mol. The van der Waals surface area contributed by atoms with Crippen LogP contribution in [0.4, 0.5) is 11.4 Å². The minimum absolute atomic E-state index is 0.0510. The molecule has 21 heavy (non-hydrogen) atoms. The van der Waals surface area contributed by atoms with Gasteiger partial charge in [0.15, 0.2) is 5.11 Å². The summed E-state index contributed by atoms with van der Waals surface area (Å²) in [6.07, 6.45) is 1.81. The van der Waals surface area contributed by atoms with Gasteiger partial charge in [0.25, 0.3) is 0 Å². The van der Waals surface area contributed by atoms with Crippen molar-refractivity contribution in [1.82, 2.24) is 9.78 Å². The number of thiocarbonyl (C=S) groups is 1. The number of hydrogen-bond acceptors (Lipinski definition) is 4. The lowest BCUT2D eigenvalue weighted by Gasteiger charge is -2.10. The van der Waals surface area contributed by atoms with E-state index in [-0.39, 0.29) is 4.90 Å². The molecule has 0 spiro atoms. The van der Waals surface area contributed by atoms with Gasteiger partial charge in [-0.3, -0.25) is 4.68 Å². The molecular formula is C12H15N5O2S2. The van der Waals surface area contributed by atoms with Crippen LogP contribution in [0.5, 0.6) is 0 Å². The van der Waals surface area contributed by atoms with Gasteiger partial charge in [-0.2, -0.15) is 5.10 Å². The topological polar surface area (TPSA) is 102 Å². The van der Waals surface area contributed by atoms with Crippen molar-refractivity contribution in [2.75, 3.05) is 10.6 Å². The predicted octanol–water partition coefficient (Wildman–Crippen LogP) is 1.18. The van der Waals surface area contributed by atoms with Crippen molar-refractivity contribution in [3.8, 4) is 0 Å². The van der Waals surface area contributed by atoms with Gasteiger partial charge in [0.2, 0.25) is 10.0 Å². The van der Waals surface area contributed by atoms with Crippen LogP contribution in [-0.2, 0) is 17.1 Å². The molecule has 0 saturated heterocycles. The third-order valence-electron chi connectivity index (χ3n) is 2.70. The normalized spacial score (nSPS) is 11.2. The molecule has 0 radical (unpaired) electrons. The molecule has 9 heteroatoms. The Morgan fingerprint density at radius 1 is 1.29 bits per heavy atom. The van der Waals surface area contributed by atoms with Crippen molar-refractivity contribution in [3.05, 3.63) is 36.2 Å². The minimum atomic E-state index is -3.69. The first-order valence-electron chi connectivity index (χ1n) is 5.97. The largest absolute Gasteiger partial charge is 0.332 e. The fourth-order valence-corrected chi connectivity index (χ4v) is 2.48. The van der Waals surface area contributed by atoms with E-state index in [1.54, 1.807) is 16.8 Å². The lowest BCUT2D eigenvalue weighted by Crippen LogP contribution is -2.19. The van der Waals surface area contributed by atoms with Gasteiger partial charge in [0.1, 0.15) is 0 Å². The number of aromatic nitrogens is 2. The van der Waals surface area contributed by atoms with Crippen LogP contribution < -0.4 is 15.8 Å². The van der Waals surface area contributed by atoms with E-state index in [4.69, 9.17) is 17.4 Å². The molecule has 0 saturated carbocycles. The molecule has 2 aromatic rings. The Labute approximate surface area is 128 Å². The highest BCUT2D eigenvalue weighted by Gasteiger charge is 2.08. The number of nitrogens with zero attached hydrogens (tertiary/aromatic N) is 2. The van der Waals surface area contributed by atoms with Crippen LogP contribution >= 0.6 is 12.2 Å². The molecular weight excluding hydrogens is 310 g/mol. The first-order chi connectivity index (χ1) is 9.75. The highest BCUT2D eigenvalue weighted by atomic mass is 32.2. The molecule has 112 valence electrons. The molecule has 0 amide bonds. The summed E-state index contributed by atoms with van der Waals surface area (Å²) in [5, 5.41) is 15.6. The first-order valence-corrected chi connectivity index (χ1v) is 7.92. The van der Waals surface area contributed by atoms with Crippen molar-refractivity contribution >= 4 is 38.7 Å². The quantitative estimate of drug-likeness (QED) is 0.733. The third-order valence-corrected chi connectivity index (χ3v) is 3.84. The number of benzene rings is 1. The second kappa shape index (κ2) is 5.80. The van der Waals surface area contributed by atoms with E-state index in [0.717, 1.165) is 11.4 Å². The number of anilines is 2. The molecule has 0 unspecified atom stereocenters. The minimum Gasteiger partial charge on any atom is -0.332 e. The molecule has 1 heterocycles. The zero-order chi connectivity index (χ0) is 15.6. The number of primary sulfonamides is 1. The molecule has 4 N–H and O–H groups in total. The third kappa shape index (κ3) is 4.00. The van der Waals surface area contributed by atoms with Gasteiger partial charge in [-0.15, -0.1) is 0 Å². The number of aryl methyl sites for hydroxylation is 2. The van der Waals surface area contributed by atoms with Crippen LogP contribution in [0.15, 0.2) is 35.4 Å². The molecule has 7 nitrogen and oxygen atoms in total. The second-order valence-electron chi connectivity index (χ2n) is 4.45. The average molecular weight is 325 g/mol. The fourth-order valence-electron chi connectivity index (χ4n) is 1.73. The van der Waals surface area contributed by atoms with E-state index in [9.17, 15) is 8.42 Å². The number of nitrogens with one attached hydrogen (secondary N) is 2. The van der Waals surface area contributed by atoms with Crippen molar-refractivity contribution in [3.63, 3.8) is 0 Å². The Kier molecular flexibility index (Phi) is 4.26. The van der Waals surface area contributed by atoms with Gasteiger partial charge in [0, 0.05) is 18.9 Å². The maximum atomic E-state index is 11.2. The zero-order valence-corrected chi connectivity index (χ0v) is 13.1. The van der Waals surface area contributed by atoms with E-state index >= 15 is 0 Å². The fraction of sp³-hybridized carbons (Fsp3) is 0.167. The van der Waals surface area contributed by atoms with Gasteiger partial charge in [-0.05, 0) is 43.4 Å². The average Bonchev–Trinajstić information content (AvgIpc) is 2.67. The summed E-state index contributed by atoms with van der Waals surface area (Å²) >= 11 is 5.19.